The average molecular weight is 249 g/mol. The van der Waals surface area contributed by atoms with Gasteiger partial charge in [-0.15, -0.1) is 0 Å². The minimum absolute atomic E-state index is 0.161. The van der Waals surface area contributed by atoms with Crippen LogP contribution in [0.1, 0.15) is 20.3 Å². The SMILES string of the molecule is COC(C)CSCCC(NC(C)=O)C(=O)O. The standard InChI is InChI=1S/C10H19NO4S/c1-7(15-3)6-16-5-4-9(10(13)14)11-8(2)12/h7,9H,4-6H2,1-3H3,(H,11,12)(H,13,14). The zero-order valence-corrected chi connectivity index (χ0v) is 10.7. The van der Waals surface area contributed by atoms with Crippen LogP contribution in [0.2, 0.25) is 0 Å². The number of ether oxygens (including phenoxy) is 1. The average Bonchev–Trinajstić information content (AvgIpc) is 2.21. The van der Waals surface area contributed by atoms with Gasteiger partial charge in [-0.3, -0.25) is 4.79 Å². The number of carboxylic acids is 1. The molecular weight excluding hydrogens is 230 g/mol. The van der Waals surface area contributed by atoms with Crippen LogP contribution in [-0.4, -0.2) is 47.7 Å². The van der Waals surface area contributed by atoms with Gasteiger partial charge in [-0.25, -0.2) is 4.79 Å². The Morgan fingerprint density at radius 1 is 1.50 bits per heavy atom. The molecule has 0 aromatic carbocycles. The second-order valence-electron chi connectivity index (χ2n) is 3.50. The number of methoxy groups -OCH3 is 1. The molecule has 0 aliphatic rings. The van der Waals surface area contributed by atoms with Crippen molar-refractivity contribution in [3.05, 3.63) is 0 Å². The summed E-state index contributed by atoms with van der Waals surface area (Å²) in [5.74, 6) is 0.201. The van der Waals surface area contributed by atoms with E-state index in [1.807, 2.05) is 6.92 Å². The van der Waals surface area contributed by atoms with E-state index < -0.39 is 12.0 Å². The lowest BCUT2D eigenvalue weighted by Gasteiger charge is -2.13. The molecule has 0 aromatic heterocycles. The molecule has 94 valence electrons. The van der Waals surface area contributed by atoms with Crippen LogP contribution in [0.25, 0.3) is 0 Å². The summed E-state index contributed by atoms with van der Waals surface area (Å²) in [4.78, 5) is 21.5. The number of amides is 1. The first-order valence-electron chi connectivity index (χ1n) is 5.07. The van der Waals surface area contributed by atoms with Gasteiger partial charge in [-0.1, -0.05) is 0 Å². The first kappa shape index (κ1) is 15.2. The number of nitrogens with one attached hydrogen (secondary N) is 1. The summed E-state index contributed by atoms with van der Waals surface area (Å²) in [7, 11) is 1.64. The number of hydrogen-bond donors (Lipinski definition) is 2. The molecule has 0 aliphatic carbocycles. The molecule has 0 fully saturated rings. The third-order valence-corrected chi connectivity index (χ3v) is 3.21. The summed E-state index contributed by atoms with van der Waals surface area (Å²) in [6.07, 6.45) is 0.588. The van der Waals surface area contributed by atoms with Gasteiger partial charge in [0.15, 0.2) is 0 Å². The van der Waals surface area contributed by atoms with E-state index in [0.717, 1.165) is 5.75 Å². The second-order valence-corrected chi connectivity index (χ2v) is 4.65. The highest BCUT2D eigenvalue weighted by molar-refractivity contribution is 7.99. The van der Waals surface area contributed by atoms with Crippen LogP contribution in [0.3, 0.4) is 0 Å². The molecule has 1 amide bonds. The van der Waals surface area contributed by atoms with E-state index in [0.29, 0.717) is 12.2 Å². The summed E-state index contributed by atoms with van der Waals surface area (Å²) in [5, 5.41) is 11.2. The number of rotatable bonds is 8. The van der Waals surface area contributed by atoms with Gasteiger partial charge in [0.1, 0.15) is 6.04 Å². The molecule has 6 heteroatoms. The highest BCUT2D eigenvalue weighted by Crippen LogP contribution is 2.08. The third-order valence-electron chi connectivity index (χ3n) is 1.98. The maximum absolute atomic E-state index is 10.8. The van der Waals surface area contributed by atoms with Gasteiger partial charge >= 0.3 is 5.97 Å². The van der Waals surface area contributed by atoms with E-state index in [1.54, 1.807) is 18.9 Å². The van der Waals surface area contributed by atoms with Crippen molar-refractivity contribution in [1.82, 2.24) is 5.32 Å². The molecule has 2 N–H and O–H groups in total. The first-order chi connectivity index (χ1) is 7.47. The van der Waals surface area contributed by atoms with Gasteiger partial charge in [0.05, 0.1) is 6.10 Å². The van der Waals surface area contributed by atoms with Crippen molar-refractivity contribution in [1.29, 1.82) is 0 Å². The molecule has 0 aliphatic heterocycles. The van der Waals surface area contributed by atoms with Crippen molar-refractivity contribution in [2.75, 3.05) is 18.6 Å². The predicted octanol–water partition coefficient (Wildman–Crippen LogP) is 0.734. The lowest BCUT2D eigenvalue weighted by atomic mass is 10.2. The smallest absolute Gasteiger partial charge is 0.326 e. The van der Waals surface area contributed by atoms with Crippen molar-refractivity contribution in [3.8, 4) is 0 Å². The van der Waals surface area contributed by atoms with Crippen LogP contribution in [0, 0.1) is 0 Å². The normalized spacial score (nSPS) is 14.2. The lowest BCUT2D eigenvalue weighted by Crippen LogP contribution is -2.39. The molecule has 2 unspecified atom stereocenters. The van der Waals surface area contributed by atoms with Crippen molar-refractivity contribution >= 4 is 23.6 Å². The van der Waals surface area contributed by atoms with E-state index in [-0.39, 0.29) is 12.0 Å². The maximum atomic E-state index is 10.8. The molecule has 0 aromatic rings. The van der Waals surface area contributed by atoms with Crippen LogP contribution >= 0.6 is 11.8 Å². The number of carbonyl (C=O) groups excluding carboxylic acids is 1. The third kappa shape index (κ3) is 7.53. The molecule has 5 nitrogen and oxygen atoms in total. The van der Waals surface area contributed by atoms with Gasteiger partial charge in [0, 0.05) is 19.8 Å². The van der Waals surface area contributed by atoms with Gasteiger partial charge in [-0.2, -0.15) is 11.8 Å². The monoisotopic (exact) mass is 249 g/mol. The Morgan fingerprint density at radius 2 is 2.12 bits per heavy atom. The second kappa shape index (κ2) is 8.41. The maximum Gasteiger partial charge on any atom is 0.326 e. The van der Waals surface area contributed by atoms with Crippen LogP contribution < -0.4 is 5.32 Å². The zero-order valence-electron chi connectivity index (χ0n) is 9.86. The highest BCUT2D eigenvalue weighted by atomic mass is 32.2. The molecule has 0 radical (unpaired) electrons. The van der Waals surface area contributed by atoms with E-state index in [2.05, 4.69) is 5.32 Å². The Balaban J connectivity index is 3.77. The van der Waals surface area contributed by atoms with Crippen LogP contribution in [0.5, 0.6) is 0 Å². The molecular formula is C10H19NO4S. The zero-order chi connectivity index (χ0) is 12.6. The summed E-state index contributed by atoms with van der Waals surface area (Å²) >= 11 is 1.62. The number of carboxylic acid groups (broad SMARTS) is 1. The van der Waals surface area contributed by atoms with E-state index in [1.165, 1.54) is 6.92 Å². The topological polar surface area (TPSA) is 75.6 Å². The summed E-state index contributed by atoms with van der Waals surface area (Å²) in [6.45, 7) is 3.27. The highest BCUT2D eigenvalue weighted by Gasteiger charge is 2.17. The minimum Gasteiger partial charge on any atom is -0.480 e. The van der Waals surface area contributed by atoms with Crippen LogP contribution in [-0.2, 0) is 14.3 Å². The fourth-order valence-electron chi connectivity index (χ4n) is 1.02. The molecule has 0 rings (SSSR count). The molecule has 2 atom stereocenters. The Morgan fingerprint density at radius 3 is 2.56 bits per heavy atom. The Bertz CT molecular complexity index is 235. The van der Waals surface area contributed by atoms with Gasteiger partial charge in [-0.05, 0) is 19.1 Å². The van der Waals surface area contributed by atoms with E-state index in [9.17, 15) is 9.59 Å². The van der Waals surface area contributed by atoms with Crippen molar-refractivity contribution in [3.63, 3.8) is 0 Å². The Kier molecular flexibility index (Phi) is 8.01. The molecule has 16 heavy (non-hydrogen) atoms. The number of thioether (sulfide) groups is 1. The largest absolute Gasteiger partial charge is 0.480 e. The van der Waals surface area contributed by atoms with Crippen LogP contribution in [0.4, 0.5) is 0 Å². The van der Waals surface area contributed by atoms with Crippen LogP contribution in [0.15, 0.2) is 0 Å². The van der Waals surface area contributed by atoms with Gasteiger partial charge in [0.25, 0.3) is 0 Å². The summed E-state index contributed by atoms with van der Waals surface area (Å²) < 4.78 is 5.06. The first-order valence-corrected chi connectivity index (χ1v) is 6.23. The molecule has 0 saturated heterocycles. The molecule has 0 bridgehead atoms. The summed E-state index contributed by atoms with van der Waals surface area (Å²) in [5.41, 5.74) is 0. The fraction of sp³-hybridized carbons (Fsp3) is 0.800. The minimum atomic E-state index is -0.990. The number of carbonyl (C=O) groups is 2. The fourth-order valence-corrected chi connectivity index (χ4v) is 2.06. The van der Waals surface area contributed by atoms with Crippen molar-refractivity contribution in [2.45, 2.75) is 32.4 Å². The van der Waals surface area contributed by atoms with Gasteiger partial charge < -0.3 is 15.2 Å². The molecule has 0 saturated carbocycles. The lowest BCUT2D eigenvalue weighted by molar-refractivity contribution is -0.141. The Hall–Kier alpha value is -0.750. The Labute approximate surface area is 99.9 Å². The number of aliphatic carboxylic acids is 1. The number of hydrogen-bond acceptors (Lipinski definition) is 4. The quantitative estimate of drug-likeness (QED) is 0.620. The van der Waals surface area contributed by atoms with E-state index in [4.69, 9.17) is 9.84 Å². The van der Waals surface area contributed by atoms with Crippen molar-refractivity contribution < 1.29 is 19.4 Å². The predicted molar refractivity (Wildman–Crippen MR) is 63.7 cm³/mol. The van der Waals surface area contributed by atoms with E-state index >= 15 is 0 Å². The summed E-state index contributed by atoms with van der Waals surface area (Å²) in [6, 6.07) is -0.789. The van der Waals surface area contributed by atoms with Crippen molar-refractivity contribution in [2.24, 2.45) is 0 Å². The molecule has 0 heterocycles. The molecule has 0 spiro atoms. The van der Waals surface area contributed by atoms with Gasteiger partial charge in [0.2, 0.25) is 5.91 Å².